The largest absolute Gasteiger partial charge is 0.324 e. The van der Waals surface area contributed by atoms with E-state index in [4.69, 9.17) is 11.5 Å². The second kappa shape index (κ2) is 6.17. The highest BCUT2D eigenvalue weighted by atomic mass is 16.1. The Morgan fingerprint density at radius 1 is 1.21 bits per heavy atom. The first-order valence-electron chi connectivity index (χ1n) is 6.06. The Balaban J connectivity index is 2.10. The summed E-state index contributed by atoms with van der Waals surface area (Å²) >= 11 is 0. The smallest absolute Gasteiger partial charge is 0.198 e. The lowest BCUT2D eigenvalue weighted by Crippen LogP contribution is -2.33. The van der Waals surface area contributed by atoms with Crippen LogP contribution in [0.3, 0.4) is 0 Å². The molecule has 0 unspecified atom stereocenters. The number of carbonyl (C=O) groups excluding carboxylic acids is 1. The lowest BCUT2D eigenvalue weighted by Gasteiger charge is -2.10. The number of hydrogen-bond acceptors (Lipinski definition) is 5. The molecule has 1 atom stereocenters. The van der Waals surface area contributed by atoms with Crippen LogP contribution in [0.5, 0.6) is 0 Å². The highest BCUT2D eigenvalue weighted by Crippen LogP contribution is 2.06. The van der Waals surface area contributed by atoms with Gasteiger partial charge in [-0.1, -0.05) is 30.3 Å². The van der Waals surface area contributed by atoms with Crippen molar-refractivity contribution in [2.75, 3.05) is 0 Å². The van der Waals surface area contributed by atoms with Crippen LogP contribution in [0, 0.1) is 0 Å². The molecule has 0 aliphatic carbocycles. The normalized spacial score (nSPS) is 12.1. The van der Waals surface area contributed by atoms with Gasteiger partial charge in [-0.3, -0.25) is 4.79 Å². The first kappa shape index (κ1) is 13.3. The molecule has 19 heavy (non-hydrogen) atoms. The zero-order valence-corrected chi connectivity index (χ0v) is 10.5. The number of ketones is 1. The monoisotopic (exact) mass is 256 g/mol. The summed E-state index contributed by atoms with van der Waals surface area (Å²) in [6.45, 7) is 0.203. The summed E-state index contributed by atoms with van der Waals surface area (Å²) in [4.78, 5) is 20.2. The van der Waals surface area contributed by atoms with Gasteiger partial charge in [-0.25, -0.2) is 9.97 Å². The molecule has 0 spiro atoms. The van der Waals surface area contributed by atoms with Crippen molar-refractivity contribution in [3.05, 3.63) is 59.7 Å². The Bertz CT molecular complexity index is 556. The van der Waals surface area contributed by atoms with Crippen molar-refractivity contribution < 1.29 is 4.79 Å². The van der Waals surface area contributed by atoms with Gasteiger partial charge in [-0.15, -0.1) is 0 Å². The second-order valence-electron chi connectivity index (χ2n) is 4.22. The molecule has 1 aromatic heterocycles. The summed E-state index contributed by atoms with van der Waals surface area (Å²) < 4.78 is 0. The number of rotatable bonds is 5. The molecule has 4 N–H and O–H groups in total. The van der Waals surface area contributed by atoms with E-state index in [0.717, 1.165) is 5.56 Å². The highest BCUT2D eigenvalue weighted by Gasteiger charge is 2.17. The van der Waals surface area contributed by atoms with Crippen LogP contribution < -0.4 is 11.5 Å². The molecule has 0 radical (unpaired) electrons. The molecular weight excluding hydrogens is 240 g/mol. The van der Waals surface area contributed by atoms with Crippen LogP contribution >= 0.6 is 0 Å². The van der Waals surface area contributed by atoms with Crippen molar-refractivity contribution in [2.45, 2.75) is 19.0 Å². The maximum absolute atomic E-state index is 12.2. The van der Waals surface area contributed by atoms with Crippen molar-refractivity contribution in [3.63, 3.8) is 0 Å². The fraction of sp³-hybridized carbons (Fsp3) is 0.214. The maximum atomic E-state index is 12.2. The summed E-state index contributed by atoms with van der Waals surface area (Å²) in [5.74, 6) is 0.249. The van der Waals surface area contributed by atoms with Gasteiger partial charge in [0.2, 0.25) is 0 Å². The van der Waals surface area contributed by atoms with E-state index in [2.05, 4.69) is 9.97 Å². The number of aromatic nitrogens is 2. The molecule has 0 bridgehead atoms. The van der Waals surface area contributed by atoms with E-state index in [-0.39, 0.29) is 12.3 Å². The first-order valence-corrected chi connectivity index (χ1v) is 6.06. The quantitative estimate of drug-likeness (QED) is 0.767. The summed E-state index contributed by atoms with van der Waals surface area (Å²) in [7, 11) is 0. The van der Waals surface area contributed by atoms with Crippen LogP contribution in [0.4, 0.5) is 0 Å². The minimum atomic E-state index is -0.608. The molecule has 1 aromatic carbocycles. The van der Waals surface area contributed by atoms with Gasteiger partial charge < -0.3 is 11.5 Å². The number of carbonyl (C=O) groups is 1. The summed E-state index contributed by atoms with van der Waals surface area (Å²) in [6, 6.07) is 10.6. The van der Waals surface area contributed by atoms with E-state index in [1.165, 1.54) is 6.20 Å². The Kier molecular flexibility index (Phi) is 4.33. The molecule has 0 aliphatic heterocycles. The van der Waals surface area contributed by atoms with E-state index in [1.54, 1.807) is 6.07 Å². The average molecular weight is 256 g/mol. The van der Waals surface area contributed by atoms with Crippen molar-refractivity contribution in [2.24, 2.45) is 11.5 Å². The third-order valence-corrected chi connectivity index (χ3v) is 2.78. The molecule has 5 nitrogen and oxygen atoms in total. The van der Waals surface area contributed by atoms with E-state index >= 15 is 0 Å². The topological polar surface area (TPSA) is 94.9 Å². The average Bonchev–Trinajstić information content (AvgIpc) is 2.47. The zero-order chi connectivity index (χ0) is 13.7. The van der Waals surface area contributed by atoms with Crippen molar-refractivity contribution in [1.82, 2.24) is 9.97 Å². The van der Waals surface area contributed by atoms with Gasteiger partial charge in [0.05, 0.1) is 12.6 Å². The molecule has 1 heterocycles. The molecule has 0 aliphatic rings. The molecule has 98 valence electrons. The van der Waals surface area contributed by atoms with E-state index in [0.29, 0.717) is 17.9 Å². The van der Waals surface area contributed by atoms with Crippen LogP contribution in [0.25, 0.3) is 0 Å². The molecule has 2 aromatic rings. The Morgan fingerprint density at radius 3 is 2.63 bits per heavy atom. The Hall–Kier alpha value is -2.11. The lowest BCUT2D eigenvalue weighted by molar-refractivity contribution is 0.0955. The number of Topliss-reactive ketones (excluding diaryl/α,β-unsaturated/α-hetero) is 1. The number of hydrogen-bond donors (Lipinski definition) is 2. The predicted octanol–water partition coefficient (Wildman–Crippen LogP) is 0.688. The van der Waals surface area contributed by atoms with Crippen molar-refractivity contribution in [3.8, 4) is 0 Å². The standard InChI is InChI=1S/C14H16N4O/c15-9-13-17-7-6-12(18-13)14(19)11(16)8-10-4-2-1-3-5-10/h1-7,11H,8-9,15-16H2/t11-/m0/s1. The molecule has 0 saturated heterocycles. The van der Waals surface area contributed by atoms with Gasteiger partial charge in [-0.05, 0) is 18.1 Å². The van der Waals surface area contributed by atoms with Gasteiger partial charge in [0.25, 0.3) is 0 Å². The van der Waals surface area contributed by atoms with Crippen molar-refractivity contribution in [1.29, 1.82) is 0 Å². The summed E-state index contributed by atoms with van der Waals surface area (Å²) in [5.41, 5.74) is 12.7. The third-order valence-electron chi connectivity index (χ3n) is 2.78. The minimum Gasteiger partial charge on any atom is -0.324 e. The molecule has 0 saturated carbocycles. The van der Waals surface area contributed by atoms with Crippen LogP contribution in [0.1, 0.15) is 21.9 Å². The van der Waals surface area contributed by atoms with Crippen molar-refractivity contribution >= 4 is 5.78 Å². The van der Waals surface area contributed by atoms with E-state index < -0.39 is 6.04 Å². The zero-order valence-electron chi connectivity index (χ0n) is 10.5. The van der Waals surface area contributed by atoms with Crippen LogP contribution in [0.15, 0.2) is 42.6 Å². The molecule has 0 amide bonds. The van der Waals surface area contributed by atoms with Gasteiger partial charge in [0, 0.05) is 6.20 Å². The fourth-order valence-electron chi connectivity index (χ4n) is 1.79. The Labute approximate surface area is 111 Å². The van der Waals surface area contributed by atoms with Gasteiger partial charge in [0.1, 0.15) is 11.5 Å². The highest BCUT2D eigenvalue weighted by molar-refractivity contribution is 5.98. The third kappa shape index (κ3) is 3.43. The van der Waals surface area contributed by atoms with Crippen LogP contribution in [0.2, 0.25) is 0 Å². The predicted molar refractivity (Wildman–Crippen MR) is 72.4 cm³/mol. The molecule has 0 fully saturated rings. The van der Waals surface area contributed by atoms with Gasteiger partial charge in [0.15, 0.2) is 5.78 Å². The first-order chi connectivity index (χ1) is 9.20. The minimum absolute atomic E-state index is 0.194. The molecule has 2 rings (SSSR count). The maximum Gasteiger partial charge on any atom is 0.198 e. The SMILES string of the molecule is NCc1nccc(C(=O)[C@@H](N)Cc2ccccc2)n1. The summed E-state index contributed by atoms with van der Waals surface area (Å²) in [5, 5.41) is 0. The van der Waals surface area contributed by atoms with Crippen LogP contribution in [-0.4, -0.2) is 21.8 Å². The lowest BCUT2D eigenvalue weighted by atomic mass is 10.0. The number of nitrogens with zero attached hydrogens (tertiary/aromatic N) is 2. The number of nitrogens with two attached hydrogens (primary N) is 2. The summed E-state index contributed by atoms with van der Waals surface area (Å²) in [6.07, 6.45) is 2.01. The van der Waals surface area contributed by atoms with Gasteiger partial charge in [-0.2, -0.15) is 0 Å². The molecular formula is C14H16N4O. The van der Waals surface area contributed by atoms with E-state index in [1.807, 2.05) is 30.3 Å². The van der Waals surface area contributed by atoms with E-state index in [9.17, 15) is 4.79 Å². The fourth-order valence-corrected chi connectivity index (χ4v) is 1.79. The van der Waals surface area contributed by atoms with Crippen LogP contribution in [-0.2, 0) is 13.0 Å². The second-order valence-corrected chi connectivity index (χ2v) is 4.22. The Morgan fingerprint density at radius 2 is 1.95 bits per heavy atom. The van der Waals surface area contributed by atoms with Gasteiger partial charge >= 0.3 is 0 Å². The molecule has 5 heteroatoms. The number of benzene rings is 1.